The fourth-order valence-corrected chi connectivity index (χ4v) is 3.09. The second kappa shape index (κ2) is 4.81. The zero-order valence-corrected chi connectivity index (χ0v) is 12.4. The van der Waals surface area contributed by atoms with Crippen molar-refractivity contribution in [3.63, 3.8) is 0 Å². The van der Waals surface area contributed by atoms with Gasteiger partial charge in [0.1, 0.15) is 10.5 Å². The van der Waals surface area contributed by atoms with Crippen molar-refractivity contribution in [1.82, 2.24) is 15.0 Å². The van der Waals surface area contributed by atoms with Crippen molar-refractivity contribution < 1.29 is 0 Å². The normalized spacial score (nSPS) is 11.0. The van der Waals surface area contributed by atoms with Crippen LogP contribution in [0.15, 0.2) is 18.3 Å². The van der Waals surface area contributed by atoms with Crippen LogP contribution in [0.25, 0.3) is 21.7 Å². The number of pyridine rings is 1. The largest absolute Gasteiger partial charge is 0.308 e. The lowest BCUT2D eigenvalue weighted by Gasteiger charge is -2.07. The maximum Gasteiger partial charge on any atom is 0.181 e. The van der Waals surface area contributed by atoms with E-state index in [4.69, 9.17) is 5.84 Å². The Labute approximate surface area is 120 Å². The number of hydrogen-bond acceptors (Lipinski definition) is 6. The Bertz CT molecular complexity index is 794. The maximum atomic E-state index is 5.58. The average Bonchev–Trinajstić information content (AvgIpc) is 2.77. The summed E-state index contributed by atoms with van der Waals surface area (Å²) >= 11 is 1.63. The van der Waals surface area contributed by atoms with Crippen molar-refractivity contribution in [1.29, 1.82) is 0 Å². The van der Waals surface area contributed by atoms with Gasteiger partial charge in [-0.05, 0) is 38.0 Å². The first-order valence-electron chi connectivity index (χ1n) is 6.27. The summed E-state index contributed by atoms with van der Waals surface area (Å²) < 4.78 is 0. The summed E-state index contributed by atoms with van der Waals surface area (Å²) in [5.74, 6) is 6.82. The third kappa shape index (κ3) is 2.13. The number of nitrogens with one attached hydrogen (secondary N) is 1. The van der Waals surface area contributed by atoms with Gasteiger partial charge in [-0.3, -0.25) is 4.98 Å². The molecule has 0 aliphatic rings. The van der Waals surface area contributed by atoms with E-state index in [0.717, 1.165) is 27.0 Å². The fraction of sp³-hybridized carbons (Fsp3) is 0.214. The van der Waals surface area contributed by atoms with Gasteiger partial charge in [-0.1, -0.05) is 6.07 Å². The molecule has 0 aliphatic carbocycles. The van der Waals surface area contributed by atoms with Crippen LogP contribution in [0.2, 0.25) is 0 Å². The molecule has 3 N–H and O–H groups in total. The molecule has 0 spiro atoms. The average molecular weight is 285 g/mol. The Balaban J connectivity index is 2.25. The van der Waals surface area contributed by atoms with Gasteiger partial charge in [0.25, 0.3) is 0 Å². The molecule has 0 unspecified atom stereocenters. The molecule has 0 bridgehead atoms. The zero-order valence-electron chi connectivity index (χ0n) is 11.6. The molecule has 6 heteroatoms. The van der Waals surface area contributed by atoms with Gasteiger partial charge in [-0.25, -0.2) is 15.8 Å². The lowest BCUT2D eigenvalue weighted by atomic mass is 10.1. The van der Waals surface area contributed by atoms with E-state index in [1.54, 1.807) is 11.3 Å². The summed E-state index contributed by atoms with van der Waals surface area (Å²) in [6, 6.07) is 4.11. The number of hydrazine groups is 1. The van der Waals surface area contributed by atoms with Gasteiger partial charge < -0.3 is 5.43 Å². The highest BCUT2D eigenvalue weighted by Crippen LogP contribution is 2.30. The van der Waals surface area contributed by atoms with E-state index >= 15 is 0 Å². The molecule has 0 aliphatic heterocycles. The molecule has 0 fully saturated rings. The number of anilines is 1. The molecular formula is C14H15N5S. The quantitative estimate of drug-likeness (QED) is 0.559. The van der Waals surface area contributed by atoms with Crippen LogP contribution in [-0.2, 0) is 0 Å². The Morgan fingerprint density at radius 3 is 2.65 bits per heavy atom. The number of aryl methyl sites for hydroxylation is 3. The summed E-state index contributed by atoms with van der Waals surface area (Å²) in [4.78, 5) is 15.6. The van der Waals surface area contributed by atoms with Crippen LogP contribution in [0.3, 0.4) is 0 Å². The van der Waals surface area contributed by atoms with E-state index < -0.39 is 0 Å². The van der Waals surface area contributed by atoms with Crippen molar-refractivity contribution in [3.8, 4) is 11.5 Å². The minimum absolute atomic E-state index is 0.602. The molecule has 102 valence electrons. The molecule has 20 heavy (non-hydrogen) atoms. The van der Waals surface area contributed by atoms with Crippen LogP contribution in [-0.4, -0.2) is 15.0 Å². The molecular weight excluding hydrogens is 270 g/mol. The first-order valence-corrected chi connectivity index (χ1v) is 7.08. The molecule has 5 nitrogen and oxygen atoms in total. The number of thiophene rings is 1. The SMILES string of the molecule is Cc1cnc(-c2nc(NN)c3cc(C)sc3n2)c(C)c1. The summed E-state index contributed by atoms with van der Waals surface area (Å²) in [7, 11) is 0. The number of fused-ring (bicyclic) bond motifs is 1. The number of rotatable bonds is 2. The van der Waals surface area contributed by atoms with E-state index in [9.17, 15) is 0 Å². The van der Waals surface area contributed by atoms with E-state index in [-0.39, 0.29) is 0 Å². The van der Waals surface area contributed by atoms with Crippen LogP contribution in [0.4, 0.5) is 5.82 Å². The van der Waals surface area contributed by atoms with E-state index in [1.165, 1.54) is 4.88 Å². The number of nitrogen functional groups attached to an aromatic ring is 1. The van der Waals surface area contributed by atoms with E-state index in [1.807, 2.05) is 33.0 Å². The van der Waals surface area contributed by atoms with Gasteiger partial charge in [0.05, 0.1) is 5.39 Å². The maximum absolute atomic E-state index is 5.58. The second-order valence-corrected chi connectivity index (χ2v) is 6.03. The summed E-state index contributed by atoms with van der Waals surface area (Å²) in [6.07, 6.45) is 1.82. The van der Waals surface area contributed by atoms with E-state index in [0.29, 0.717) is 11.6 Å². The smallest absolute Gasteiger partial charge is 0.181 e. The highest BCUT2D eigenvalue weighted by molar-refractivity contribution is 7.18. The third-order valence-corrected chi connectivity index (χ3v) is 4.02. The molecule has 0 atom stereocenters. The standard InChI is InChI=1S/C14H15N5S/c1-7-4-8(2)11(16-6-7)13-17-12(19-15)10-5-9(3)20-14(10)18-13/h4-6H,15H2,1-3H3,(H,17,18,19). The van der Waals surface area contributed by atoms with E-state index in [2.05, 4.69) is 26.4 Å². The van der Waals surface area contributed by atoms with Crippen LogP contribution < -0.4 is 11.3 Å². The van der Waals surface area contributed by atoms with Crippen molar-refractivity contribution in [2.75, 3.05) is 5.43 Å². The predicted molar refractivity (Wildman–Crippen MR) is 82.7 cm³/mol. The topological polar surface area (TPSA) is 76.7 Å². The molecule has 3 heterocycles. The number of nitrogens with zero attached hydrogens (tertiary/aromatic N) is 3. The number of nitrogens with two attached hydrogens (primary N) is 1. The van der Waals surface area contributed by atoms with Crippen molar-refractivity contribution in [2.24, 2.45) is 5.84 Å². The third-order valence-electron chi connectivity index (χ3n) is 3.08. The Morgan fingerprint density at radius 1 is 1.15 bits per heavy atom. The molecule has 0 radical (unpaired) electrons. The first kappa shape index (κ1) is 13.0. The molecule has 0 aromatic carbocycles. The molecule has 0 saturated carbocycles. The predicted octanol–water partition coefficient (Wildman–Crippen LogP) is 2.96. The second-order valence-electron chi connectivity index (χ2n) is 4.79. The minimum Gasteiger partial charge on any atom is -0.308 e. The Kier molecular flexibility index (Phi) is 3.11. The van der Waals surface area contributed by atoms with Gasteiger partial charge in [0, 0.05) is 11.1 Å². The summed E-state index contributed by atoms with van der Waals surface area (Å²) in [5, 5.41) is 0.948. The minimum atomic E-state index is 0.602. The Hall–Kier alpha value is -2.05. The van der Waals surface area contributed by atoms with Crippen molar-refractivity contribution in [2.45, 2.75) is 20.8 Å². The monoisotopic (exact) mass is 285 g/mol. The molecule has 0 amide bonds. The van der Waals surface area contributed by atoms with Crippen LogP contribution in [0.1, 0.15) is 16.0 Å². The summed E-state index contributed by atoms with van der Waals surface area (Å²) in [5.41, 5.74) is 5.62. The lowest BCUT2D eigenvalue weighted by Crippen LogP contribution is -2.10. The van der Waals surface area contributed by atoms with Crippen LogP contribution in [0.5, 0.6) is 0 Å². The fourth-order valence-electron chi connectivity index (χ4n) is 2.21. The molecule has 0 saturated heterocycles. The first-order chi connectivity index (χ1) is 9.58. The van der Waals surface area contributed by atoms with Gasteiger partial charge in [0.15, 0.2) is 11.6 Å². The van der Waals surface area contributed by atoms with Gasteiger partial charge in [0.2, 0.25) is 0 Å². The summed E-state index contributed by atoms with van der Waals surface area (Å²) in [6.45, 7) is 6.07. The van der Waals surface area contributed by atoms with Crippen LogP contribution >= 0.6 is 11.3 Å². The highest BCUT2D eigenvalue weighted by atomic mass is 32.1. The van der Waals surface area contributed by atoms with Crippen molar-refractivity contribution in [3.05, 3.63) is 34.3 Å². The molecule has 3 aromatic heterocycles. The molecule has 3 rings (SSSR count). The van der Waals surface area contributed by atoms with Crippen molar-refractivity contribution >= 4 is 27.4 Å². The van der Waals surface area contributed by atoms with Crippen LogP contribution in [0, 0.1) is 20.8 Å². The highest BCUT2D eigenvalue weighted by Gasteiger charge is 2.13. The van der Waals surface area contributed by atoms with Gasteiger partial charge >= 0.3 is 0 Å². The molecule has 3 aromatic rings. The number of aromatic nitrogens is 3. The zero-order chi connectivity index (χ0) is 14.3. The number of hydrogen-bond donors (Lipinski definition) is 2. The van der Waals surface area contributed by atoms with Gasteiger partial charge in [-0.2, -0.15) is 0 Å². The Morgan fingerprint density at radius 2 is 1.95 bits per heavy atom. The lowest BCUT2D eigenvalue weighted by molar-refractivity contribution is 1.13. The van der Waals surface area contributed by atoms with Gasteiger partial charge in [-0.15, -0.1) is 11.3 Å².